The molecule has 1 saturated heterocycles. The van der Waals surface area contributed by atoms with Gasteiger partial charge in [-0.05, 0) is 38.4 Å². The van der Waals surface area contributed by atoms with Gasteiger partial charge >= 0.3 is 0 Å². The molecule has 2 amide bonds. The van der Waals surface area contributed by atoms with Crippen LogP contribution in [0, 0.1) is 6.92 Å². The number of carbonyl (C=O) groups excluding carboxylic acids is 2. The fourth-order valence-electron chi connectivity index (χ4n) is 2.97. The van der Waals surface area contributed by atoms with E-state index in [4.69, 9.17) is 4.74 Å². The highest BCUT2D eigenvalue weighted by Gasteiger charge is 2.23. The van der Waals surface area contributed by atoms with Crippen LogP contribution in [-0.2, 0) is 14.3 Å². The van der Waals surface area contributed by atoms with Crippen molar-refractivity contribution in [3.05, 3.63) is 29.8 Å². The first kappa shape index (κ1) is 19.4. The molecule has 0 radical (unpaired) electrons. The molecule has 1 N–H and O–H groups in total. The zero-order valence-corrected chi connectivity index (χ0v) is 15.5. The van der Waals surface area contributed by atoms with Gasteiger partial charge in [-0.25, -0.2) is 0 Å². The Labute approximate surface area is 150 Å². The van der Waals surface area contributed by atoms with Crippen LogP contribution >= 0.6 is 0 Å². The normalized spacial score (nSPS) is 17.6. The first-order valence-corrected chi connectivity index (χ1v) is 8.96. The van der Waals surface area contributed by atoms with Crippen molar-refractivity contribution >= 4 is 17.5 Å². The largest absolute Gasteiger partial charge is 0.375 e. The van der Waals surface area contributed by atoms with E-state index in [0.29, 0.717) is 26.2 Å². The summed E-state index contributed by atoms with van der Waals surface area (Å²) in [5.41, 5.74) is 1.84. The molecule has 0 bridgehead atoms. The smallest absolute Gasteiger partial charge is 0.238 e. The molecule has 1 aromatic carbocycles. The summed E-state index contributed by atoms with van der Waals surface area (Å²) in [6.45, 7) is 9.00. The third-order valence-electron chi connectivity index (χ3n) is 4.28. The predicted octanol–water partition coefficient (Wildman–Crippen LogP) is 1.89. The van der Waals surface area contributed by atoms with Crippen LogP contribution in [0.15, 0.2) is 24.3 Å². The second kappa shape index (κ2) is 9.53. The highest BCUT2D eigenvalue weighted by Crippen LogP contribution is 2.13. The lowest BCUT2D eigenvalue weighted by Gasteiger charge is -2.33. The van der Waals surface area contributed by atoms with E-state index >= 15 is 0 Å². The van der Waals surface area contributed by atoms with Crippen LogP contribution in [-0.4, -0.2) is 67.0 Å². The monoisotopic (exact) mass is 347 g/mol. The number of aryl methyl sites for hydroxylation is 1. The number of nitrogens with one attached hydrogen (secondary N) is 1. The summed E-state index contributed by atoms with van der Waals surface area (Å²) in [5.74, 6) is -0.0295. The molecule has 138 valence electrons. The lowest BCUT2D eigenvalue weighted by Crippen LogP contribution is -2.49. The minimum Gasteiger partial charge on any atom is -0.375 e. The standard InChI is InChI=1S/C19H29N3O3/c1-4-9-21(14-19(24)22-10-11-25-16(3)12-22)13-18(23)20-17-8-6-5-7-15(17)2/h5-8,16H,4,9-14H2,1-3H3,(H,20,23). The van der Waals surface area contributed by atoms with Gasteiger partial charge < -0.3 is 15.0 Å². The van der Waals surface area contributed by atoms with E-state index in [9.17, 15) is 9.59 Å². The Hall–Kier alpha value is -1.92. The minimum absolute atomic E-state index is 0.0623. The van der Waals surface area contributed by atoms with Crippen molar-refractivity contribution in [2.24, 2.45) is 0 Å². The molecule has 0 aromatic heterocycles. The summed E-state index contributed by atoms with van der Waals surface area (Å²) in [6, 6.07) is 7.69. The van der Waals surface area contributed by atoms with Crippen LogP contribution in [0.25, 0.3) is 0 Å². The number of hydrogen-bond acceptors (Lipinski definition) is 4. The number of ether oxygens (including phenoxy) is 1. The lowest BCUT2D eigenvalue weighted by atomic mass is 10.2. The summed E-state index contributed by atoms with van der Waals surface area (Å²) in [6.07, 6.45) is 0.964. The van der Waals surface area contributed by atoms with Crippen molar-refractivity contribution in [3.8, 4) is 0 Å². The van der Waals surface area contributed by atoms with E-state index in [1.165, 1.54) is 0 Å². The molecule has 6 heteroatoms. The fraction of sp³-hybridized carbons (Fsp3) is 0.579. The minimum atomic E-state index is -0.0918. The Morgan fingerprint density at radius 3 is 2.76 bits per heavy atom. The van der Waals surface area contributed by atoms with Gasteiger partial charge in [0.15, 0.2) is 0 Å². The van der Waals surface area contributed by atoms with E-state index in [2.05, 4.69) is 5.32 Å². The Morgan fingerprint density at radius 2 is 2.08 bits per heavy atom. The van der Waals surface area contributed by atoms with Gasteiger partial charge in [0.25, 0.3) is 0 Å². The quantitative estimate of drug-likeness (QED) is 0.818. The van der Waals surface area contributed by atoms with Crippen LogP contribution in [0.4, 0.5) is 5.69 Å². The summed E-state index contributed by atoms with van der Waals surface area (Å²) in [4.78, 5) is 28.6. The van der Waals surface area contributed by atoms with Gasteiger partial charge in [-0.2, -0.15) is 0 Å². The zero-order valence-electron chi connectivity index (χ0n) is 15.5. The zero-order chi connectivity index (χ0) is 18.2. The average molecular weight is 347 g/mol. The van der Waals surface area contributed by atoms with Gasteiger partial charge in [0, 0.05) is 18.8 Å². The first-order valence-electron chi connectivity index (χ1n) is 8.96. The SMILES string of the molecule is CCCN(CC(=O)Nc1ccccc1C)CC(=O)N1CCOC(C)C1. The summed E-state index contributed by atoms with van der Waals surface area (Å²) >= 11 is 0. The molecule has 1 heterocycles. The lowest BCUT2D eigenvalue weighted by molar-refractivity contribution is -0.139. The van der Waals surface area contributed by atoms with E-state index in [1.54, 1.807) is 0 Å². The second-order valence-electron chi connectivity index (χ2n) is 6.59. The molecular formula is C19H29N3O3. The van der Waals surface area contributed by atoms with Crippen molar-refractivity contribution in [2.75, 3.05) is 44.6 Å². The molecular weight excluding hydrogens is 318 g/mol. The molecule has 1 aromatic rings. The van der Waals surface area contributed by atoms with Gasteiger partial charge in [0.05, 0.1) is 25.8 Å². The Bertz CT molecular complexity index is 591. The third kappa shape index (κ3) is 6.14. The molecule has 1 aliphatic heterocycles. The van der Waals surface area contributed by atoms with Crippen molar-refractivity contribution in [3.63, 3.8) is 0 Å². The summed E-state index contributed by atoms with van der Waals surface area (Å²) < 4.78 is 5.48. The topological polar surface area (TPSA) is 61.9 Å². The first-order chi connectivity index (χ1) is 12.0. The van der Waals surface area contributed by atoms with E-state index in [1.807, 2.05) is 54.8 Å². The average Bonchev–Trinajstić information content (AvgIpc) is 2.57. The Balaban J connectivity index is 1.90. The number of benzene rings is 1. The van der Waals surface area contributed by atoms with Crippen LogP contribution in [0.5, 0.6) is 0 Å². The van der Waals surface area contributed by atoms with Crippen LogP contribution < -0.4 is 5.32 Å². The molecule has 0 saturated carbocycles. The molecule has 1 unspecified atom stereocenters. The number of para-hydroxylation sites is 1. The number of anilines is 1. The molecule has 0 spiro atoms. The van der Waals surface area contributed by atoms with Gasteiger partial charge in [-0.15, -0.1) is 0 Å². The van der Waals surface area contributed by atoms with E-state index < -0.39 is 0 Å². The van der Waals surface area contributed by atoms with Gasteiger partial charge in [0.2, 0.25) is 11.8 Å². The molecule has 1 aliphatic rings. The molecule has 0 aliphatic carbocycles. The van der Waals surface area contributed by atoms with E-state index in [0.717, 1.165) is 17.7 Å². The molecule has 1 atom stereocenters. The van der Waals surface area contributed by atoms with Gasteiger partial charge in [-0.1, -0.05) is 25.1 Å². The third-order valence-corrected chi connectivity index (χ3v) is 4.28. The number of rotatable bonds is 7. The second-order valence-corrected chi connectivity index (χ2v) is 6.59. The highest BCUT2D eigenvalue weighted by atomic mass is 16.5. The number of carbonyl (C=O) groups is 2. The van der Waals surface area contributed by atoms with Crippen molar-refractivity contribution < 1.29 is 14.3 Å². The molecule has 2 rings (SSSR count). The predicted molar refractivity (Wildman–Crippen MR) is 98.5 cm³/mol. The van der Waals surface area contributed by atoms with Crippen LogP contribution in [0.2, 0.25) is 0 Å². The Morgan fingerprint density at radius 1 is 1.32 bits per heavy atom. The van der Waals surface area contributed by atoms with Gasteiger partial charge in [0.1, 0.15) is 0 Å². The Kier molecular flexibility index (Phi) is 7.40. The molecule has 6 nitrogen and oxygen atoms in total. The number of amides is 2. The summed E-state index contributed by atoms with van der Waals surface area (Å²) in [7, 11) is 0. The fourth-order valence-corrected chi connectivity index (χ4v) is 2.97. The number of hydrogen-bond donors (Lipinski definition) is 1. The molecule has 25 heavy (non-hydrogen) atoms. The maximum absolute atomic E-state index is 12.5. The number of morpholine rings is 1. The van der Waals surface area contributed by atoms with Crippen LogP contribution in [0.3, 0.4) is 0 Å². The van der Waals surface area contributed by atoms with Crippen molar-refractivity contribution in [1.82, 2.24) is 9.80 Å². The van der Waals surface area contributed by atoms with Gasteiger partial charge in [-0.3, -0.25) is 14.5 Å². The number of nitrogens with zero attached hydrogens (tertiary/aromatic N) is 2. The van der Waals surface area contributed by atoms with Crippen LogP contribution in [0.1, 0.15) is 25.8 Å². The maximum Gasteiger partial charge on any atom is 0.238 e. The maximum atomic E-state index is 12.5. The molecule has 1 fully saturated rings. The van der Waals surface area contributed by atoms with Crippen molar-refractivity contribution in [1.29, 1.82) is 0 Å². The highest BCUT2D eigenvalue weighted by molar-refractivity contribution is 5.93. The van der Waals surface area contributed by atoms with E-state index in [-0.39, 0.29) is 31.0 Å². The summed E-state index contributed by atoms with van der Waals surface area (Å²) in [5, 5.41) is 2.93. The van der Waals surface area contributed by atoms with Crippen molar-refractivity contribution in [2.45, 2.75) is 33.3 Å².